The Morgan fingerprint density at radius 3 is 2.48 bits per heavy atom. The molecule has 118 valence electrons. The van der Waals surface area contributed by atoms with Gasteiger partial charge >= 0.3 is 6.03 Å². The van der Waals surface area contributed by atoms with Gasteiger partial charge < -0.3 is 10.6 Å². The summed E-state index contributed by atoms with van der Waals surface area (Å²) in [5, 5.41) is 14.5. The third-order valence-electron chi connectivity index (χ3n) is 3.46. The van der Waals surface area contributed by atoms with Crippen molar-refractivity contribution in [1.29, 1.82) is 5.26 Å². The molecule has 2 aromatic rings. The van der Waals surface area contributed by atoms with Crippen LogP contribution in [0.2, 0.25) is 0 Å². The molecule has 0 heterocycles. The molecule has 1 atom stereocenters. The number of carbonyl (C=O) groups excluding carboxylic acids is 1. The molecular weight excluding hydrogens is 293 g/mol. The quantitative estimate of drug-likeness (QED) is 0.888. The van der Waals surface area contributed by atoms with Gasteiger partial charge in [0, 0.05) is 0 Å². The SMILES string of the molecule is CC(C)C(NC(=O)Nc1ccc(F)cc1C#N)c1ccccc1. The summed E-state index contributed by atoms with van der Waals surface area (Å²) < 4.78 is 13.1. The number of nitrogens with zero attached hydrogens (tertiary/aromatic N) is 1. The van der Waals surface area contributed by atoms with Crippen molar-refractivity contribution in [3.63, 3.8) is 0 Å². The summed E-state index contributed by atoms with van der Waals surface area (Å²) in [5.41, 5.74) is 1.36. The van der Waals surface area contributed by atoms with Gasteiger partial charge in [0.2, 0.25) is 0 Å². The molecule has 0 bridgehead atoms. The largest absolute Gasteiger partial charge is 0.331 e. The molecule has 2 aromatic carbocycles. The molecule has 0 aromatic heterocycles. The Labute approximate surface area is 134 Å². The monoisotopic (exact) mass is 311 g/mol. The minimum absolute atomic E-state index is 0.0842. The number of amides is 2. The molecule has 0 saturated heterocycles. The Bertz CT molecular complexity index is 723. The number of carbonyl (C=O) groups is 1. The Balaban J connectivity index is 2.13. The lowest BCUT2D eigenvalue weighted by Crippen LogP contribution is -2.35. The van der Waals surface area contributed by atoms with Crippen molar-refractivity contribution >= 4 is 11.7 Å². The highest BCUT2D eigenvalue weighted by atomic mass is 19.1. The maximum absolute atomic E-state index is 13.1. The van der Waals surface area contributed by atoms with E-state index in [4.69, 9.17) is 5.26 Å². The second kappa shape index (κ2) is 7.41. The van der Waals surface area contributed by atoms with Crippen LogP contribution in [0.3, 0.4) is 0 Å². The number of nitriles is 1. The van der Waals surface area contributed by atoms with Gasteiger partial charge in [-0.15, -0.1) is 0 Å². The molecule has 0 spiro atoms. The van der Waals surface area contributed by atoms with E-state index in [9.17, 15) is 9.18 Å². The van der Waals surface area contributed by atoms with Crippen LogP contribution in [-0.4, -0.2) is 6.03 Å². The maximum Gasteiger partial charge on any atom is 0.319 e. The topological polar surface area (TPSA) is 64.9 Å². The standard InChI is InChI=1S/C18H18FN3O/c1-12(2)17(13-6-4-3-5-7-13)22-18(23)21-16-9-8-15(19)10-14(16)11-20/h3-10,12,17H,1-2H3,(H2,21,22,23). The highest BCUT2D eigenvalue weighted by Crippen LogP contribution is 2.22. The molecule has 0 fully saturated rings. The fraction of sp³-hybridized carbons (Fsp3) is 0.222. The zero-order valence-electron chi connectivity index (χ0n) is 13.0. The number of benzene rings is 2. The normalized spacial score (nSPS) is 11.6. The average Bonchev–Trinajstić information content (AvgIpc) is 2.54. The Morgan fingerprint density at radius 2 is 1.87 bits per heavy atom. The van der Waals surface area contributed by atoms with Crippen LogP contribution in [0.5, 0.6) is 0 Å². The van der Waals surface area contributed by atoms with Crippen molar-refractivity contribution in [1.82, 2.24) is 5.32 Å². The molecule has 2 rings (SSSR count). The van der Waals surface area contributed by atoms with Crippen molar-refractivity contribution in [2.45, 2.75) is 19.9 Å². The second-order valence-electron chi connectivity index (χ2n) is 5.53. The van der Waals surface area contributed by atoms with Gasteiger partial charge in [-0.05, 0) is 29.7 Å². The summed E-state index contributed by atoms with van der Waals surface area (Å²) in [5.74, 6) is -0.330. The van der Waals surface area contributed by atoms with Crippen LogP contribution in [0.4, 0.5) is 14.9 Å². The van der Waals surface area contributed by atoms with Gasteiger partial charge in [-0.1, -0.05) is 44.2 Å². The van der Waals surface area contributed by atoms with Gasteiger partial charge in [0.1, 0.15) is 11.9 Å². The number of anilines is 1. The summed E-state index contributed by atoms with van der Waals surface area (Å²) in [4.78, 5) is 12.2. The van der Waals surface area contributed by atoms with E-state index in [2.05, 4.69) is 10.6 Å². The molecule has 2 N–H and O–H groups in total. The van der Waals surface area contributed by atoms with Gasteiger partial charge in [-0.2, -0.15) is 5.26 Å². The van der Waals surface area contributed by atoms with Gasteiger partial charge in [-0.25, -0.2) is 9.18 Å². The molecule has 5 heteroatoms. The van der Waals surface area contributed by atoms with E-state index in [1.54, 1.807) is 0 Å². The molecule has 4 nitrogen and oxygen atoms in total. The third-order valence-corrected chi connectivity index (χ3v) is 3.46. The summed E-state index contributed by atoms with van der Waals surface area (Å²) in [6.45, 7) is 4.02. The molecule has 2 amide bonds. The fourth-order valence-electron chi connectivity index (χ4n) is 2.31. The number of rotatable bonds is 4. The number of hydrogen-bond donors (Lipinski definition) is 2. The maximum atomic E-state index is 13.1. The van der Waals surface area contributed by atoms with Crippen molar-refractivity contribution < 1.29 is 9.18 Å². The first-order valence-electron chi connectivity index (χ1n) is 7.33. The van der Waals surface area contributed by atoms with Crippen LogP contribution >= 0.6 is 0 Å². The van der Waals surface area contributed by atoms with Crippen LogP contribution in [0.25, 0.3) is 0 Å². The fourth-order valence-corrected chi connectivity index (χ4v) is 2.31. The van der Waals surface area contributed by atoms with E-state index in [0.29, 0.717) is 0 Å². The van der Waals surface area contributed by atoms with Crippen molar-refractivity contribution in [3.8, 4) is 6.07 Å². The average molecular weight is 311 g/mol. The Morgan fingerprint density at radius 1 is 1.17 bits per heavy atom. The van der Waals surface area contributed by atoms with E-state index in [0.717, 1.165) is 11.6 Å². The summed E-state index contributed by atoms with van der Waals surface area (Å²) in [6, 6.07) is 14.6. The second-order valence-corrected chi connectivity index (χ2v) is 5.53. The molecule has 23 heavy (non-hydrogen) atoms. The summed E-state index contributed by atoms with van der Waals surface area (Å²) in [6.07, 6.45) is 0. The van der Waals surface area contributed by atoms with Gasteiger partial charge in [0.15, 0.2) is 0 Å². The highest BCUT2D eigenvalue weighted by molar-refractivity contribution is 5.91. The molecule has 0 aliphatic rings. The van der Waals surface area contributed by atoms with Gasteiger partial charge in [0.05, 0.1) is 17.3 Å². The zero-order valence-corrected chi connectivity index (χ0v) is 13.0. The third kappa shape index (κ3) is 4.30. The summed E-state index contributed by atoms with van der Waals surface area (Å²) >= 11 is 0. The highest BCUT2D eigenvalue weighted by Gasteiger charge is 2.18. The number of nitrogens with one attached hydrogen (secondary N) is 2. The van der Waals surface area contributed by atoms with E-state index in [-0.39, 0.29) is 23.2 Å². The number of urea groups is 1. The van der Waals surface area contributed by atoms with Crippen LogP contribution in [0, 0.1) is 23.1 Å². The molecule has 0 saturated carbocycles. The lowest BCUT2D eigenvalue weighted by molar-refractivity contribution is 0.244. The first-order valence-corrected chi connectivity index (χ1v) is 7.33. The van der Waals surface area contributed by atoms with E-state index < -0.39 is 11.8 Å². The van der Waals surface area contributed by atoms with Crippen molar-refractivity contribution in [2.75, 3.05) is 5.32 Å². The predicted molar refractivity (Wildman–Crippen MR) is 87.3 cm³/mol. The zero-order chi connectivity index (χ0) is 16.8. The van der Waals surface area contributed by atoms with Crippen LogP contribution < -0.4 is 10.6 Å². The number of hydrogen-bond acceptors (Lipinski definition) is 2. The minimum atomic E-state index is -0.517. The van der Waals surface area contributed by atoms with Gasteiger partial charge in [0.25, 0.3) is 0 Å². The van der Waals surface area contributed by atoms with Crippen LogP contribution in [0.15, 0.2) is 48.5 Å². The summed E-state index contributed by atoms with van der Waals surface area (Å²) in [7, 11) is 0. The number of halogens is 1. The first kappa shape index (κ1) is 16.5. The van der Waals surface area contributed by atoms with Crippen molar-refractivity contribution in [2.24, 2.45) is 5.92 Å². The predicted octanol–water partition coefficient (Wildman–Crippen LogP) is 4.22. The van der Waals surface area contributed by atoms with Gasteiger partial charge in [-0.3, -0.25) is 0 Å². The molecule has 0 aliphatic heterocycles. The Hall–Kier alpha value is -2.87. The Kier molecular flexibility index (Phi) is 5.32. The van der Waals surface area contributed by atoms with E-state index in [1.165, 1.54) is 12.1 Å². The lowest BCUT2D eigenvalue weighted by atomic mass is 9.96. The molecular formula is C18H18FN3O. The minimum Gasteiger partial charge on any atom is -0.331 e. The molecule has 0 aliphatic carbocycles. The van der Waals surface area contributed by atoms with Crippen LogP contribution in [0.1, 0.15) is 31.0 Å². The van der Waals surface area contributed by atoms with Crippen LogP contribution in [-0.2, 0) is 0 Å². The first-order chi connectivity index (χ1) is 11.0. The molecule has 1 unspecified atom stereocenters. The van der Waals surface area contributed by atoms with E-state index >= 15 is 0 Å². The van der Waals surface area contributed by atoms with Crippen molar-refractivity contribution in [3.05, 3.63) is 65.5 Å². The molecule has 0 radical (unpaired) electrons. The smallest absolute Gasteiger partial charge is 0.319 e. The van der Waals surface area contributed by atoms with E-state index in [1.807, 2.05) is 50.2 Å². The lowest BCUT2D eigenvalue weighted by Gasteiger charge is -2.23.